The summed E-state index contributed by atoms with van der Waals surface area (Å²) in [5.41, 5.74) is 7.01. The second kappa shape index (κ2) is 7.93. The Balaban J connectivity index is 1.31. The maximum atomic E-state index is 12.4. The molecule has 0 unspecified atom stereocenters. The van der Waals surface area contributed by atoms with E-state index >= 15 is 0 Å². The third kappa shape index (κ3) is 3.98. The second-order valence-electron chi connectivity index (χ2n) is 6.43. The van der Waals surface area contributed by atoms with Crippen molar-refractivity contribution in [3.63, 3.8) is 0 Å². The summed E-state index contributed by atoms with van der Waals surface area (Å²) < 4.78 is 7.02. The summed E-state index contributed by atoms with van der Waals surface area (Å²) in [6, 6.07) is 11.1. The molecule has 0 saturated heterocycles. The van der Waals surface area contributed by atoms with Crippen LogP contribution in [-0.4, -0.2) is 31.5 Å². The molecule has 9 nitrogen and oxygen atoms in total. The predicted molar refractivity (Wildman–Crippen MR) is 104 cm³/mol. The second-order valence-corrected chi connectivity index (χ2v) is 6.43. The van der Waals surface area contributed by atoms with Gasteiger partial charge in [-0.05, 0) is 18.2 Å². The van der Waals surface area contributed by atoms with Crippen LogP contribution < -0.4 is 10.9 Å². The standard InChI is InChI=1S/C20H18N6O3/c1-26-12-15(14-6-2-3-7-16(14)26)20(28)24-23-17(27)8-9-18-22-19(25-29-18)13-5-4-10-21-11-13/h2-7,10-12H,8-9H2,1H3,(H,23,27)(H,24,28). The Morgan fingerprint density at radius 3 is 2.83 bits per heavy atom. The first-order valence-electron chi connectivity index (χ1n) is 8.98. The van der Waals surface area contributed by atoms with E-state index in [2.05, 4.69) is 26.0 Å². The molecular weight excluding hydrogens is 372 g/mol. The molecule has 4 rings (SSSR count). The molecule has 2 amide bonds. The van der Waals surface area contributed by atoms with Gasteiger partial charge in [-0.1, -0.05) is 23.4 Å². The number of hydrogen-bond acceptors (Lipinski definition) is 6. The Labute approximate surface area is 165 Å². The number of nitrogens with zero attached hydrogens (tertiary/aromatic N) is 4. The number of hydrogen-bond donors (Lipinski definition) is 2. The highest BCUT2D eigenvalue weighted by molar-refractivity contribution is 6.07. The number of carbonyl (C=O) groups excluding carboxylic acids is 2. The molecular formula is C20H18N6O3. The van der Waals surface area contributed by atoms with Crippen LogP contribution in [0.3, 0.4) is 0 Å². The van der Waals surface area contributed by atoms with Gasteiger partial charge >= 0.3 is 0 Å². The fraction of sp³-hybridized carbons (Fsp3) is 0.150. The first-order valence-corrected chi connectivity index (χ1v) is 8.98. The van der Waals surface area contributed by atoms with E-state index in [-0.39, 0.29) is 24.7 Å². The maximum absolute atomic E-state index is 12.4. The van der Waals surface area contributed by atoms with Gasteiger partial charge in [0.15, 0.2) is 0 Å². The zero-order valence-corrected chi connectivity index (χ0v) is 15.6. The number of benzene rings is 1. The van der Waals surface area contributed by atoms with Gasteiger partial charge in [0.05, 0.1) is 5.56 Å². The zero-order chi connectivity index (χ0) is 20.2. The van der Waals surface area contributed by atoms with Crippen molar-refractivity contribution < 1.29 is 14.1 Å². The third-order valence-corrected chi connectivity index (χ3v) is 4.41. The summed E-state index contributed by atoms with van der Waals surface area (Å²) in [6.45, 7) is 0. The Morgan fingerprint density at radius 2 is 2.00 bits per heavy atom. The summed E-state index contributed by atoms with van der Waals surface area (Å²) in [5.74, 6) is 0.00340. The molecule has 0 fully saturated rings. The smallest absolute Gasteiger partial charge is 0.271 e. The van der Waals surface area contributed by atoms with Crippen molar-refractivity contribution in [2.75, 3.05) is 0 Å². The SMILES string of the molecule is Cn1cc(C(=O)NNC(=O)CCc2nc(-c3cccnc3)no2)c2ccccc21. The molecule has 3 aromatic heterocycles. The normalized spacial score (nSPS) is 10.8. The van der Waals surface area contributed by atoms with Crippen molar-refractivity contribution in [2.24, 2.45) is 7.05 Å². The molecule has 0 saturated carbocycles. The topological polar surface area (TPSA) is 115 Å². The molecule has 0 spiro atoms. The number of para-hydroxylation sites is 1. The van der Waals surface area contributed by atoms with Crippen LogP contribution in [-0.2, 0) is 18.3 Å². The summed E-state index contributed by atoms with van der Waals surface area (Å²) >= 11 is 0. The number of carbonyl (C=O) groups is 2. The molecule has 29 heavy (non-hydrogen) atoms. The Morgan fingerprint density at radius 1 is 1.14 bits per heavy atom. The van der Waals surface area contributed by atoms with E-state index in [4.69, 9.17) is 4.52 Å². The molecule has 2 N–H and O–H groups in total. The fourth-order valence-electron chi connectivity index (χ4n) is 2.97. The van der Waals surface area contributed by atoms with Gasteiger partial charge in [-0.25, -0.2) is 0 Å². The first kappa shape index (κ1) is 18.4. The Kier molecular flexibility index (Phi) is 5.02. The van der Waals surface area contributed by atoms with Gasteiger partial charge in [0.2, 0.25) is 17.6 Å². The van der Waals surface area contributed by atoms with Gasteiger partial charge in [0.25, 0.3) is 5.91 Å². The van der Waals surface area contributed by atoms with E-state index in [9.17, 15) is 9.59 Å². The van der Waals surface area contributed by atoms with Crippen LogP contribution in [0, 0.1) is 0 Å². The summed E-state index contributed by atoms with van der Waals surface area (Å²) in [7, 11) is 1.86. The van der Waals surface area contributed by atoms with E-state index < -0.39 is 0 Å². The third-order valence-electron chi connectivity index (χ3n) is 4.41. The van der Waals surface area contributed by atoms with E-state index in [1.807, 2.05) is 41.9 Å². The van der Waals surface area contributed by atoms with Gasteiger partial charge in [-0.3, -0.25) is 25.4 Å². The lowest BCUT2D eigenvalue weighted by atomic mass is 10.2. The van der Waals surface area contributed by atoms with Crippen LogP contribution >= 0.6 is 0 Å². The number of rotatable bonds is 5. The molecule has 146 valence electrons. The minimum atomic E-state index is -0.383. The van der Waals surface area contributed by atoms with Gasteiger partial charge < -0.3 is 9.09 Å². The fourth-order valence-corrected chi connectivity index (χ4v) is 2.97. The van der Waals surface area contributed by atoms with E-state index in [1.165, 1.54) is 0 Å². The number of fused-ring (bicyclic) bond motifs is 1. The molecule has 0 radical (unpaired) electrons. The lowest BCUT2D eigenvalue weighted by Crippen LogP contribution is -2.41. The lowest BCUT2D eigenvalue weighted by molar-refractivity contribution is -0.121. The van der Waals surface area contributed by atoms with Crippen molar-refractivity contribution in [3.05, 3.63) is 66.4 Å². The van der Waals surface area contributed by atoms with Crippen molar-refractivity contribution in [2.45, 2.75) is 12.8 Å². The van der Waals surface area contributed by atoms with Gasteiger partial charge in [0, 0.05) is 54.9 Å². The zero-order valence-electron chi connectivity index (χ0n) is 15.6. The van der Waals surface area contributed by atoms with Crippen molar-refractivity contribution in [3.8, 4) is 11.4 Å². The maximum Gasteiger partial charge on any atom is 0.271 e. The number of amides is 2. The minimum absolute atomic E-state index is 0.0878. The number of pyridine rings is 1. The number of aryl methyl sites for hydroxylation is 2. The lowest BCUT2D eigenvalue weighted by Gasteiger charge is -2.06. The highest BCUT2D eigenvalue weighted by Gasteiger charge is 2.15. The first-order chi connectivity index (χ1) is 14.1. The summed E-state index contributed by atoms with van der Waals surface area (Å²) in [6.07, 6.45) is 5.35. The quantitative estimate of drug-likeness (QED) is 0.504. The van der Waals surface area contributed by atoms with Gasteiger partial charge in [-0.2, -0.15) is 4.98 Å². The summed E-state index contributed by atoms with van der Waals surface area (Å²) in [4.78, 5) is 32.7. The molecule has 4 aromatic rings. The van der Waals surface area contributed by atoms with Crippen LogP contribution in [0.4, 0.5) is 0 Å². The molecule has 0 aliphatic rings. The highest BCUT2D eigenvalue weighted by Crippen LogP contribution is 2.20. The number of hydrazine groups is 1. The van der Waals surface area contributed by atoms with Gasteiger partial charge in [0.1, 0.15) is 0 Å². The molecule has 1 aromatic carbocycles. The minimum Gasteiger partial charge on any atom is -0.350 e. The Bertz CT molecular complexity index is 1170. The Hall–Kier alpha value is -4.01. The van der Waals surface area contributed by atoms with E-state index in [0.29, 0.717) is 17.3 Å². The molecule has 0 aliphatic carbocycles. The molecule has 9 heteroatoms. The molecule has 0 aliphatic heterocycles. The van der Waals surface area contributed by atoms with Crippen LogP contribution in [0.1, 0.15) is 22.7 Å². The van der Waals surface area contributed by atoms with Crippen LogP contribution in [0.5, 0.6) is 0 Å². The molecule has 0 bridgehead atoms. The predicted octanol–water partition coefficient (Wildman–Crippen LogP) is 2.02. The van der Waals surface area contributed by atoms with Crippen molar-refractivity contribution >= 4 is 22.7 Å². The highest BCUT2D eigenvalue weighted by atomic mass is 16.5. The van der Waals surface area contributed by atoms with Crippen molar-refractivity contribution in [1.82, 2.24) is 30.5 Å². The average Bonchev–Trinajstić information content (AvgIpc) is 3.36. The number of aromatic nitrogens is 4. The van der Waals surface area contributed by atoms with Crippen LogP contribution in [0.15, 0.2) is 59.5 Å². The van der Waals surface area contributed by atoms with Gasteiger partial charge in [-0.15, -0.1) is 0 Å². The molecule has 3 heterocycles. The number of nitrogens with one attached hydrogen (secondary N) is 2. The van der Waals surface area contributed by atoms with Crippen LogP contribution in [0.25, 0.3) is 22.3 Å². The van der Waals surface area contributed by atoms with Crippen molar-refractivity contribution in [1.29, 1.82) is 0 Å². The largest absolute Gasteiger partial charge is 0.350 e. The van der Waals surface area contributed by atoms with Crippen LogP contribution in [0.2, 0.25) is 0 Å². The average molecular weight is 390 g/mol. The van der Waals surface area contributed by atoms with E-state index in [0.717, 1.165) is 16.5 Å². The molecule has 0 atom stereocenters. The van der Waals surface area contributed by atoms with E-state index in [1.54, 1.807) is 24.7 Å². The summed E-state index contributed by atoms with van der Waals surface area (Å²) in [5, 5.41) is 4.69. The monoisotopic (exact) mass is 390 g/mol.